The molecule has 1 unspecified atom stereocenters. The number of benzene rings is 1. The molecule has 1 fully saturated rings. The van der Waals surface area contributed by atoms with Gasteiger partial charge in [0.25, 0.3) is 0 Å². The Kier molecular flexibility index (Phi) is 2.05. The summed E-state index contributed by atoms with van der Waals surface area (Å²) in [5.41, 5.74) is 1.44. The zero-order valence-electron chi connectivity index (χ0n) is 8.63. The van der Waals surface area contributed by atoms with Crippen molar-refractivity contribution in [2.75, 3.05) is 13.1 Å². The fraction of sp³-hybridized carbons (Fsp3) is 0.308. The Morgan fingerprint density at radius 2 is 2.07 bits per heavy atom. The number of rotatable bonds is 1. The standard InChI is InChI=1S/C13H14N2/c1-2-5-11(6-3-1)12-9-13-14-7-4-8-15(13)10-12/h1-7,12H,8-10H2. The van der Waals surface area contributed by atoms with Crippen LogP contribution >= 0.6 is 0 Å². The molecule has 0 saturated carbocycles. The largest absolute Gasteiger partial charge is 0.356 e. The molecular weight excluding hydrogens is 184 g/mol. The van der Waals surface area contributed by atoms with Gasteiger partial charge in [-0.2, -0.15) is 0 Å². The van der Waals surface area contributed by atoms with Crippen molar-refractivity contribution >= 4 is 5.84 Å². The SMILES string of the molecule is C1=CN=C2CC(c3ccccc3)CN2C1. The first kappa shape index (κ1) is 8.72. The fourth-order valence-corrected chi connectivity index (χ4v) is 2.36. The summed E-state index contributed by atoms with van der Waals surface area (Å²) >= 11 is 0. The molecule has 2 aliphatic rings. The topological polar surface area (TPSA) is 15.6 Å². The van der Waals surface area contributed by atoms with Gasteiger partial charge in [0, 0.05) is 31.6 Å². The van der Waals surface area contributed by atoms with Crippen LogP contribution in [0.1, 0.15) is 17.9 Å². The second-order valence-electron chi connectivity index (χ2n) is 4.15. The fourth-order valence-electron chi connectivity index (χ4n) is 2.36. The van der Waals surface area contributed by atoms with Gasteiger partial charge in [0.1, 0.15) is 5.84 Å². The second kappa shape index (κ2) is 3.54. The van der Waals surface area contributed by atoms with Crippen LogP contribution in [0.5, 0.6) is 0 Å². The van der Waals surface area contributed by atoms with Gasteiger partial charge in [-0.05, 0) is 11.6 Å². The van der Waals surface area contributed by atoms with Crippen molar-refractivity contribution in [1.29, 1.82) is 0 Å². The summed E-state index contributed by atoms with van der Waals surface area (Å²) < 4.78 is 0. The summed E-state index contributed by atoms with van der Waals surface area (Å²) in [6, 6.07) is 10.7. The Morgan fingerprint density at radius 1 is 1.20 bits per heavy atom. The quantitative estimate of drug-likeness (QED) is 0.676. The van der Waals surface area contributed by atoms with Crippen LogP contribution in [0, 0.1) is 0 Å². The highest BCUT2D eigenvalue weighted by atomic mass is 15.2. The molecule has 15 heavy (non-hydrogen) atoms. The average molecular weight is 198 g/mol. The molecule has 1 aromatic rings. The van der Waals surface area contributed by atoms with Crippen molar-refractivity contribution in [3.05, 3.63) is 48.2 Å². The van der Waals surface area contributed by atoms with Crippen LogP contribution in [-0.4, -0.2) is 23.8 Å². The number of amidine groups is 1. The molecule has 2 nitrogen and oxygen atoms in total. The normalized spacial score (nSPS) is 23.9. The lowest BCUT2D eigenvalue weighted by molar-refractivity contribution is 0.475. The lowest BCUT2D eigenvalue weighted by Crippen LogP contribution is -2.26. The summed E-state index contributed by atoms with van der Waals surface area (Å²) in [5, 5.41) is 0. The number of nitrogens with zero attached hydrogens (tertiary/aromatic N) is 2. The molecule has 3 rings (SSSR count). The van der Waals surface area contributed by atoms with E-state index in [0.29, 0.717) is 5.92 Å². The molecule has 1 saturated heterocycles. The van der Waals surface area contributed by atoms with Gasteiger partial charge in [0.05, 0.1) is 0 Å². The second-order valence-corrected chi connectivity index (χ2v) is 4.15. The van der Waals surface area contributed by atoms with Crippen molar-refractivity contribution in [2.45, 2.75) is 12.3 Å². The van der Waals surface area contributed by atoms with Crippen molar-refractivity contribution < 1.29 is 0 Å². The maximum absolute atomic E-state index is 4.43. The first-order valence-corrected chi connectivity index (χ1v) is 5.45. The molecule has 0 radical (unpaired) electrons. The van der Waals surface area contributed by atoms with Gasteiger partial charge >= 0.3 is 0 Å². The number of hydrogen-bond acceptors (Lipinski definition) is 2. The third kappa shape index (κ3) is 1.56. The van der Waals surface area contributed by atoms with Crippen LogP contribution in [-0.2, 0) is 0 Å². The molecule has 0 amide bonds. The maximum atomic E-state index is 4.43. The van der Waals surface area contributed by atoms with Crippen LogP contribution in [0.4, 0.5) is 0 Å². The smallest absolute Gasteiger partial charge is 0.105 e. The van der Waals surface area contributed by atoms with E-state index in [1.165, 1.54) is 11.4 Å². The summed E-state index contributed by atoms with van der Waals surface area (Å²) in [6.45, 7) is 2.15. The number of aliphatic imine (C=N–C) groups is 1. The minimum atomic E-state index is 0.629. The molecule has 76 valence electrons. The van der Waals surface area contributed by atoms with E-state index in [-0.39, 0.29) is 0 Å². The predicted octanol–water partition coefficient (Wildman–Crippen LogP) is 2.40. The zero-order valence-corrected chi connectivity index (χ0v) is 8.63. The lowest BCUT2D eigenvalue weighted by Gasteiger charge is -2.18. The molecule has 2 heteroatoms. The van der Waals surface area contributed by atoms with Crippen LogP contribution in [0.2, 0.25) is 0 Å². The first-order chi connectivity index (χ1) is 7.43. The Balaban J connectivity index is 1.83. The molecule has 0 aliphatic carbocycles. The molecule has 1 aromatic carbocycles. The Labute approximate surface area is 89.9 Å². The Morgan fingerprint density at radius 3 is 2.87 bits per heavy atom. The summed E-state index contributed by atoms with van der Waals surface area (Å²) in [5.74, 6) is 1.89. The van der Waals surface area contributed by atoms with Crippen molar-refractivity contribution in [2.24, 2.45) is 4.99 Å². The highest BCUT2D eigenvalue weighted by Crippen LogP contribution is 2.29. The third-order valence-corrected chi connectivity index (χ3v) is 3.16. The van der Waals surface area contributed by atoms with E-state index < -0.39 is 0 Å². The van der Waals surface area contributed by atoms with Gasteiger partial charge < -0.3 is 4.90 Å². The van der Waals surface area contributed by atoms with E-state index >= 15 is 0 Å². The minimum Gasteiger partial charge on any atom is -0.356 e. The van der Waals surface area contributed by atoms with E-state index in [4.69, 9.17) is 0 Å². The predicted molar refractivity (Wildman–Crippen MR) is 61.9 cm³/mol. The highest BCUT2D eigenvalue weighted by Gasteiger charge is 2.28. The van der Waals surface area contributed by atoms with Gasteiger partial charge in [-0.3, -0.25) is 0 Å². The van der Waals surface area contributed by atoms with Crippen LogP contribution < -0.4 is 0 Å². The summed E-state index contributed by atoms with van der Waals surface area (Å²) in [4.78, 5) is 6.80. The molecule has 0 aromatic heterocycles. The van der Waals surface area contributed by atoms with E-state index in [9.17, 15) is 0 Å². The highest BCUT2D eigenvalue weighted by molar-refractivity contribution is 5.86. The Bertz CT molecular complexity index is 406. The Hall–Kier alpha value is -1.57. The minimum absolute atomic E-state index is 0.629. The zero-order chi connectivity index (χ0) is 10.1. The van der Waals surface area contributed by atoms with Crippen LogP contribution in [0.15, 0.2) is 47.6 Å². The average Bonchev–Trinajstić information content (AvgIpc) is 2.74. The summed E-state index contributed by atoms with van der Waals surface area (Å²) in [6.07, 6.45) is 5.14. The van der Waals surface area contributed by atoms with E-state index in [1.807, 2.05) is 6.20 Å². The van der Waals surface area contributed by atoms with Gasteiger partial charge in [-0.25, -0.2) is 4.99 Å². The van der Waals surface area contributed by atoms with Crippen molar-refractivity contribution in [1.82, 2.24) is 4.90 Å². The van der Waals surface area contributed by atoms with Crippen molar-refractivity contribution in [3.63, 3.8) is 0 Å². The van der Waals surface area contributed by atoms with Gasteiger partial charge in [0.2, 0.25) is 0 Å². The summed E-state index contributed by atoms with van der Waals surface area (Å²) in [7, 11) is 0. The maximum Gasteiger partial charge on any atom is 0.105 e. The molecular formula is C13H14N2. The van der Waals surface area contributed by atoms with E-state index in [1.54, 1.807) is 0 Å². The third-order valence-electron chi connectivity index (χ3n) is 3.16. The number of hydrogen-bond donors (Lipinski definition) is 0. The molecule has 0 spiro atoms. The van der Waals surface area contributed by atoms with Crippen molar-refractivity contribution in [3.8, 4) is 0 Å². The molecule has 2 heterocycles. The van der Waals surface area contributed by atoms with Crippen LogP contribution in [0.3, 0.4) is 0 Å². The monoisotopic (exact) mass is 198 g/mol. The molecule has 1 atom stereocenters. The molecule has 2 aliphatic heterocycles. The lowest BCUT2D eigenvalue weighted by atomic mass is 9.98. The first-order valence-electron chi connectivity index (χ1n) is 5.45. The van der Waals surface area contributed by atoms with Crippen LogP contribution in [0.25, 0.3) is 0 Å². The van der Waals surface area contributed by atoms with Gasteiger partial charge in [0.15, 0.2) is 0 Å². The van der Waals surface area contributed by atoms with Gasteiger partial charge in [-0.15, -0.1) is 0 Å². The molecule has 0 N–H and O–H groups in total. The van der Waals surface area contributed by atoms with E-state index in [2.05, 4.69) is 46.3 Å². The van der Waals surface area contributed by atoms with Gasteiger partial charge in [-0.1, -0.05) is 30.3 Å². The number of fused-ring (bicyclic) bond motifs is 1. The van der Waals surface area contributed by atoms with E-state index in [0.717, 1.165) is 19.5 Å². The molecule has 0 bridgehead atoms.